The number of amides is 1. The predicted octanol–water partition coefficient (Wildman–Crippen LogP) is -0.0194. The van der Waals surface area contributed by atoms with Crippen molar-refractivity contribution in [2.75, 3.05) is 20.1 Å². The first-order valence-corrected chi connectivity index (χ1v) is 3.75. The Morgan fingerprint density at radius 3 is 2.42 bits per heavy atom. The van der Waals surface area contributed by atoms with Gasteiger partial charge in [0, 0.05) is 6.54 Å². The summed E-state index contributed by atoms with van der Waals surface area (Å²) < 4.78 is 4.28. The lowest BCUT2D eigenvalue weighted by atomic mass is 10.2. The maximum Gasteiger partial charge on any atom is 0.413 e. The van der Waals surface area contributed by atoms with Crippen LogP contribution in [-0.4, -0.2) is 41.3 Å². The molecule has 0 bridgehead atoms. The lowest BCUT2D eigenvalue weighted by Gasteiger charge is -2.20. The van der Waals surface area contributed by atoms with Gasteiger partial charge in [0.05, 0.1) is 0 Å². The van der Waals surface area contributed by atoms with Gasteiger partial charge in [-0.15, -0.1) is 0 Å². The van der Waals surface area contributed by atoms with Crippen molar-refractivity contribution in [3.8, 4) is 0 Å². The monoisotopic (exact) mass is 177 g/mol. The van der Waals surface area contributed by atoms with Gasteiger partial charge in [-0.25, -0.2) is 4.79 Å². The third-order valence-corrected chi connectivity index (χ3v) is 1.20. The first-order chi connectivity index (χ1) is 5.61. The van der Waals surface area contributed by atoms with E-state index in [-0.39, 0.29) is 5.92 Å². The first-order valence-electron chi connectivity index (χ1n) is 3.75. The van der Waals surface area contributed by atoms with Gasteiger partial charge < -0.3 is 14.9 Å². The predicted molar refractivity (Wildman–Crippen MR) is 42.2 cm³/mol. The van der Waals surface area contributed by atoms with Crippen molar-refractivity contribution in [2.45, 2.75) is 13.8 Å². The number of aliphatic hydroxyl groups is 2. The Labute approximate surface area is 71.6 Å². The van der Waals surface area contributed by atoms with Crippen LogP contribution in [0.1, 0.15) is 13.8 Å². The minimum atomic E-state index is -0.700. The van der Waals surface area contributed by atoms with Crippen molar-refractivity contribution < 1.29 is 19.7 Å². The van der Waals surface area contributed by atoms with Gasteiger partial charge in [0.15, 0.2) is 6.79 Å². The fraction of sp³-hybridized carbons (Fsp3) is 0.857. The summed E-state index contributed by atoms with van der Waals surface area (Å²) in [5.41, 5.74) is 0. The molecule has 0 saturated heterocycles. The number of carbonyl (C=O) groups excluding carboxylic acids is 1. The van der Waals surface area contributed by atoms with Crippen molar-refractivity contribution in [3.05, 3.63) is 0 Å². The molecular weight excluding hydrogens is 162 g/mol. The lowest BCUT2D eigenvalue weighted by Crippen LogP contribution is -2.35. The van der Waals surface area contributed by atoms with Gasteiger partial charge in [0.1, 0.15) is 6.73 Å². The van der Waals surface area contributed by atoms with Gasteiger partial charge in [-0.05, 0) is 5.92 Å². The van der Waals surface area contributed by atoms with Crippen LogP contribution in [0.5, 0.6) is 0 Å². The molecule has 0 radical (unpaired) electrons. The van der Waals surface area contributed by atoms with Crippen molar-refractivity contribution in [2.24, 2.45) is 5.92 Å². The van der Waals surface area contributed by atoms with Gasteiger partial charge >= 0.3 is 6.09 Å². The van der Waals surface area contributed by atoms with Crippen molar-refractivity contribution in [1.29, 1.82) is 0 Å². The Bertz CT molecular complexity index is 137. The van der Waals surface area contributed by atoms with Crippen LogP contribution in [0.15, 0.2) is 0 Å². The highest BCUT2D eigenvalue weighted by Gasteiger charge is 2.14. The normalized spacial score (nSPS) is 10.1. The molecule has 0 aliphatic heterocycles. The van der Waals surface area contributed by atoms with Gasteiger partial charge in [0.2, 0.25) is 0 Å². The first kappa shape index (κ1) is 11.2. The number of aliphatic hydroxyl groups excluding tert-OH is 2. The standard InChI is InChI=1S/C7H15NO4/c1-6(2)3-8(4-9)7(11)12-5-10/h6,9-10H,3-5H2,1-2H3. The second kappa shape index (κ2) is 5.79. The number of rotatable bonds is 4. The molecule has 0 fully saturated rings. The van der Waals surface area contributed by atoms with E-state index in [0.29, 0.717) is 6.54 Å². The topological polar surface area (TPSA) is 70.0 Å². The quantitative estimate of drug-likeness (QED) is 0.592. The maximum atomic E-state index is 10.9. The Balaban J connectivity index is 3.87. The molecule has 0 rings (SSSR count). The highest BCUT2D eigenvalue weighted by atomic mass is 16.6. The van der Waals surface area contributed by atoms with Gasteiger partial charge in [-0.1, -0.05) is 13.8 Å². The molecule has 0 unspecified atom stereocenters. The molecule has 0 heterocycles. The van der Waals surface area contributed by atoms with E-state index in [1.165, 1.54) is 0 Å². The molecular formula is C7H15NO4. The molecule has 1 amide bonds. The molecule has 5 heteroatoms. The van der Waals surface area contributed by atoms with Crippen LogP contribution in [0.3, 0.4) is 0 Å². The van der Waals surface area contributed by atoms with E-state index in [2.05, 4.69) is 4.74 Å². The minimum absolute atomic E-state index is 0.253. The van der Waals surface area contributed by atoms with E-state index in [9.17, 15) is 4.79 Å². The zero-order valence-corrected chi connectivity index (χ0v) is 7.36. The maximum absolute atomic E-state index is 10.9. The van der Waals surface area contributed by atoms with Crippen LogP contribution < -0.4 is 0 Å². The molecule has 12 heavy (non-hydrogen) atoms. The summed E-state index contributed by atoms with van der Waals surface area (Å²) in [5.74, 6) is 0.253. The molecule has 0 atom stereocenters. The highest BCUT2D eigenvalue weighted by Crippen LogP contribution is 1.99. The van der Waals surface area contributed by atoms with E-state index in [1.54, 1.807) is 0 Å². The van der Waals surface area contributed by atoms with E-state index in [0.717, 1.165) is 4.90 Å². The Morgan fingerprint density at radius 2 is 2.08 bits per heavy atom. The molecule has 0 aliphatic carbocycles. The van der Waals surface area contributed by atoms with Crippen LogP contribution in [-0.2, 0) is 4.74 Å². The summed E-state index contributed by atoms with van der Waals surface area (Å²) >= 11 is 0. The van der Waals surface area contributed by atoms with Crippen molar-refractivity contribution >= 4 is 6.09 Å². The summed E-state index contributed by atoms with van der Waals surface area (Å²) in [6, 6.07) is 0. The van der Waals surface area contributed by atoms with Crippen LogP contribution in [0.4, 0.5) is 4.79 Å². The molecule has 2 N–H and O–H groups in total. The molecule has 0 aromatic carbocycles. The van der Waals surface area contributed by atoms with Gasteiger partial charge in [-0.2, -0.15) is 0 Å². The molecule has 0 aliphatic rings. The van der Waals surface area contributed by atoms with Gasteiger partial charge in [-0.3, -0.25) is 4.90 Å². The zero-order chi connectivity index (χ0) is 9.56. The SMILES string of the molecule is CC(C)CN(CO)C(=O)OCO. The largest absolute Gasteiger partial charge is 0.422 e. The lowest BCUT2D eigenvalue weighted by molar-refractivity contribution is 0.00354. The van der Waals surface area contributed by atoms with E-state index in [1.807, 2.05) is 13.8 Å². The summed E-state index contributed by atoms with van der Waals surface area (Å²) in [6.07, 6.45) is -0.700. The Kier molecular flexibility index (Phi) is 5.40. The Morgan fingerprint density at radius 1 is 1.50 bits per heavy atom. The summed E-state index contributed by atoms with van der Waals surface area (Å²) in [5, 5.41) is 17.0. The highest BCUT2D eigenvalue weighted by molar-refractivity contribution is 5.67. The zero-order valence-electron chi connectivity index (χ0n) is 7.36. The number of hydrogen-bond donors (Lipinski definition) is 2. The van der Waals surface area contributed by atoms with E-state index in [4.69, 9.17) is 10.2 Å². The second-order valence-electron chi connectivity index (χ2n) is 2.80. The van der Waals surface area contributed by atoms with E-state index < -0.39 is 19.6 Å². The van der Waals surface area contributed by atoms with Crippen molar-refractivity contribution in [1.82, 2.24) is 4.90 Å². The summed E-state index contributed by atoms with van der Waals surface area (Å²) in [4.78, 5) is 12.0. The van der Waals surface area contributed by atoms with Crippen LogP contribution in [0.25, 0.3) is 0 Å². The van der Waals surface area contributed by atoms with Crippen LogP contribution >= 0.6 is 0 Å². The molecule has 5 nitrogen and oxygen atoms in total. The molecule has 0 aromatic heterocycles. The number of carbonyl (C=O) groups is 1. The smallest absolute Gasteiger partial charge is 0.413 e. The average molecular weight is 177 g/mol. The molecule has 72 valence electrons. The minimum Gasteiger partial charge on any atom is -0.422 e. The number of hydrogen-bond acceptors (Lipinski definition) is 4. The number of nitrogens with zero attached hydrogens (tertiary/aromatic N) is 1. The summed E-state index contributed by atoms with van der Waals surface area (Å²) in [7, 11) is 0. The second-order valence-corrected chi connectivity index (χ2v) is 2.80. The van der Waals surface area contributed by atoms with Gasteiger partial charge in [0.25, 0.3) is 0 Å². The fourth-order valence-electron chi connectivity index (χ4n) is 0.777. The fourth-order valence-corrected chi connectivity index (χ4v) is 0.777. The van der Waals surface area contributed by atoms with Crippen molar-refractivity contribution in [3.63, 3.8) is 0 Å². The third kappa shape index (κ3) is 4.15. The van der Waals surface area contributed by atoms with Crippen LogP contribution in [0.2, 0.25) is 0 Å². The number of ether oxygens (including phenoxy) is 1. The third-order valence-electron chi connectivity index (χ3n) is 1.20. The Hall–Kier alpha value is -0.810. The molecule has 0 spiro atoms. The van der Waals surface area contributed by atoms with Crippen LogP contribution in [0, 0.1) is 5.92 Å². The average Bonchev–Trinajstić information content (AvgIpc) is 2.00. The van der Waals surface area contributed by atoms with E-state index >= 15 is 0 Å². The molecule has 0 saturated carbocycles. The molecule has 0 aromatic rings. The summed E-state index contributed by atoms with van der Waals surface area (Å²) in [6.45, 7) is 3.18.